The fourth-order valence-corrected chi connectivity index (χ4v) is 9.20. The Hall–Kier alpha value is -1.59. The minimum absolute atomic E-state index is 0.216. The number of carbonyl (C=O) groups excluding carboxylic acids is 3. The molecule has 0 N–H and O–H groups in total. The van der Waals surface area contributed by atoms with Gasteiger partial charge in [-0.05, 0) is 145 Å². The highest BCUT2D eigenvalue weighted by Gasteiger charge is 2.53. The minimum atomic E-state index is -1.12. The lowest BCUT2D eigenvalue weighted by molar-refractivity contribution is -0.188. The van der Waals surface area contributed by atoms with Crippen molar-refractivity contribution in [2.24, 2.45) is 34.0 Å². The zero-order valence-corrected chi connectivity index (χ0v) is 32.4. The van der Waals surface area contributed by atoms with Crippen molar-refractivity contribution in [3.05, 3.63) is 0 Å². The maximum atomic E-state index is 14.6. The molecule has 0 radical (unpaired) electrons. The zero-order chi connectivity index (χ0) is 35.3. The van der Waals surface area contributed by atoms with E-state index in [1.165, 1.54) is 44.9 Å². The van der Waals surface area contributed by atoms with Crippen molar-refractivity contribution in [3.8, 4) is 0 Å². The summed E-state index contributed by atoms with van der Waals surface area (Å²) in [6.45, 7) is 21.8. The van der Waals surface area contributed by atoms with Gasteiger partial charge in [-0.15, -0.1) is 0 Å². The summed E-state index contributed by atoms with van der Waals surface area (Å²) >= 11 is 0. The molecule has 3 fully saturated rings. The lowest BCUT2D eigenvalue weighted by Crippen LogP contribution is -2.50. The van der Waals surface area contributed by atoms with Gasteiger partial charge in [0.2, 0.25) is 0 Å². The molecule has 0 aromatic heterocycles. The Labute approximate surface area is 288 Å². The summed E-state index contributed by atoms with van der Waals surface area (Å²) in [5.74, 6) is 0.0549. The largest absolute Gasteiger partial charge is 0.459 e. The third kappa shape index (κ3) is 10.2. The Balaban J connectivity index is 1.90. The van der Waals surface area contributed by atoms with Crippen LogP contribution >= 0.6 is 0 Å². The van der Waals surface area contributed by atoms with E-state index in [9.17, 15) is 14.4 Å². The summed E-state index contributed by atoms with van der Waals surface area (Å²) in [4.78, 5) is 42.8. The average Bonchev–Trinajstić information content (AvgIpc) is 3.01. The molecule has 0 bridgehead atoms. The van der Waals surface area contributed by atoms with Crippen LogP contribution in [0.1, 0.15) is 192 Å². The van der Waals surface area contributed by atoms with Gasteiger partial charge in [0, 0.05) is 0 Å². The SMILES string of the molecule is CCC(C)(CC(C)(CC(C)(C)C(=O)OC(C)(C)C1CCCCC1)C(=O)OC(C)(C)C1CCCCC1)C(=O)OC(C)(C)C1CCCCC1. The van der Waals surface area contributed by atoms with Gasteiger partial charge in [0.05, 0.1) is 16.2 Å². The van der Waals surface area contributed by atoms with Gasteiger partial charge in [0.25, 0.3) is 0 Å². The quantitative estimate of drug-likeness (QED) is 0.136. The molecule has 47 heavy (non-hydrogen) atoms. The summed E-state index contributed by atoms with van der Waals surface area (Å²) < 4.78 is 19.2. The van der Waals surface area contributed by atoms with Gasteiger partial charge in [-0.1, -0.05) is 64.7 Å². The smallest absolute Gasteiger partial charge is 0.312 e. The van der Waals surface area contributed by atoms with Gasteiger partial charge < -0.3 is 14.2 Å². The highest BCUT2D eigenvalue weighted by atomic mass is 16.6. The van der Waals surface area contributed by atoms with Crippen LogP contribution in [0.15, 0.2) is 0 Å². The zero-order valence-electron chi connectivity index (χ0n) is 32.4. The van der Waals surface area contributed by atoms with Crippen molar-refractivity contribution < 1.29 is 28.6 Å². The molecule has 2 atom stereocenters. The molecule has 0 aromatic rings. The second-order valence-electron chi connectivity index (χ2n) is 18.7. The molecule has 6 nitrogen and oxygen atoms in total. The third-order valence-electron chi connectivity index (χ3n) is 12.8. The topological polar surface area (TPSA) is 78.9 Å². The Morgan fingerprint density at radius 1 is 0.447 bits per heavy atom. The average molecular weight is 661 g/mol. The fraction of sp³-hybridized carbons (Fsp3) is 0.927. The first-order valence-electron chi connectivity index (χ1n) is 19.4. The first-order chi connectivity index (χ1) is 21.7. The van der Waals surface area contributed by atoms with Crippen molar-refractivity contribution in [1.29, 1.82) is 0 Å². The van der Waals surface area contributed by atoms with Crippen molar-refractivity contribution >= 4 is 17.9 Å². The van der Waals surface area contributed by atoms with Crippen LogP contribution < -0.4 is 0 Å². The molecule has 3 aliphatic carbocycles. The van der Waals surface area contributed by atoms with Crippen LogP contribution in [-0.4, -0.2) is 34.7 Å². The van der Waals surface area contributed by atoms with Crippen LogP contribution in [0.5, 0.6) is 0 Å². The van der Waals surface area contributed by atoms with Crippen LogP contribution in [0, 0.1) is 34.0 Å². The minimum Gasteiger partial charge on any atom is -0.459 e. The second kappa shape index (κ2) is 15.5. The first-order valence-corrected chi connectivity index (χ1v) is 19.4. The molecule has 0 heterocycles. The van der Waals surface area contributed by atoms with Crippen molar-refractivity contribution in [3.63, 3.8) is 0 Å². The van der Waals surface area contributed by atoms with E-state index in [1.807, 2.05) is 76.2 Å². The molecule has 0 aliphatic heterocycles. The van der Waals surface area contributed by atoms with Gasteiger partial charge >= 0.3 is 17.9 Å². The van der Waals surface area contributed by atoms with E-state index in [1.54, 1.807) is 0 Å². The van der Waals surface area contributed by atoms with E-state index in [-0.39, 0.29) is 36.7 Å². The maximum Gasteiger partial charge on any atom is 0.312 e. The predicted octanol–water partition coefficient (Wildman–Crippen LogP) is 10.9. The number of ether oxygens (including phenoxy) is 3. The molecule has 0 aromatic carbocycles. The molecular weight excluding hydrogens is 588 g/mol. The maximum absolute atomic E-state index is 14.6. The number of carbonyl (C=O) groups is 3. The fourth-order valence-electron chi connectivity index (χ4n) is 9.20. The normalized spacial score (nSPS) is 22.5. The van der Waals surface area contributed by atoms with E-state index in [4.69, 9.17) is 14.2 Å². The van der Waals surface area contributed by atoms with Crippen LogP contribution in [0.3, 0.4) is 0 Å². The number of hydrogen-bond acceptors (Lipinski definition) is 6. The molecule has 3 aliphatic rings. The molecule has 0 saturated heterocycles. The second-order valence-corrected chi connectivity index (χ2v) is 18.7. The standard InChI is InChI=1S/C41H72O6/c1-12-40(10,34(43)46-38(6,7)31-24-18-14-19-25-31)29-41(11,35(44)47-39(8,9)32-26-20-15-21-27-32)28-36(2,3)33(42)45-37(4,5)30-22-16-13-17-23-30/h30-32H,12-29H2,1-11H3. The molecule has 3 saturated carbocycles. The summed E-state index contributed by atoms with van der Waals surface area (Å²) in [7, 11) is 0. The molecule has 272 valence electrons. The van der Waals surface area contributed by atoms with Crippen molar-refractivity contribution in [1.82, 2.24) is 0 Å². The lowest BCUT2D eigenvalue weighted by atomic mass is 9.64. The Morgan fingerprint density at radius 3 is 1.06 bits per heavy atom. The van der Waals surface area contributed by atoms with E-state index in [2.05, 4.69) is 0 Å². The number of rotatable bonds is 14. The van der Waals surface area contributed by atoms with Crippen molar-refractivity contribution in [2.45, 2.75) is 209 Å². The summed E-state index contributed by atoms with van der Waals surface area (Å²) in [5.41, 5.74) is -4.84. The summed E-state index contributed by atoms with van der Waals surface area (Å²) in [5, 5.41) is 0. The summed E-state index contributed by atoms with van der Waals surface area (Å²) in [6, 6.07) is 0. The highest BCUT2D eigenvalue weighted by molar-refractivity contribution is 5.83. The Bertz CT molecular complexity index is 1050. The Kier molecular flexibility index (Phi) is 13.2. The third-order valence-corrected chi connectivity index (χ3v) is 12.8. The van der Waals surface area contributed by atoms with Gasteiger partial charge in [0.1, 0.15) is 16.8 Å². The number of hydrogen-bond donors (Lipinski definition) is 0. The first kappa shape index (κ1) is 39.8. The predicted molar refractivity (Wildman–Crippen MR) is 190 cm³/mol. The van der Waals surface area contributed by atoms with Gasteiger partial charge in [-0.3, -0.25) is 14.4 Å². The van der Waals surface area contributed by atoms with Gasteiger partial charge in [-0.25, -0.2) is 0 Å². The van der Waals surface area contributed by atoms with Crippen LogP contribution in [0.25, 0.3) is 0 Å². The van der Waals surface area contributed by atoms with Crippen LogP contribution in [-0.2, 0) is 28.6 Å². The summed E-state index contributed by atoms with van der Waals surface area (Å²) in [6.07, 6.45) is 18.0. The van der Waals surface area contributed by atoms with Crippen LogP contribution in [0.4, 0.5) is 0 Å². The molecule has 2 unspecified atom stereocenters. The molecule has 6 heteroatoms. The monoisotopic (exact) mass is 661 g/mol. The van der Waals surface area contributed by atoms with Crippen LogP contribution in [0.2, 0.25) is 0 Å². The van der Waals surface area contributed by atoms with E-state index in [0.717, 1.165) is 51.4 Å². The molecule has 3 rings (SSSR count). The van der Waals surface area contributed by atoms with Gasteiger partial charge in [0.15, 0.2) is 0 Å². The molecular formula is C41H72O6. The van der Waals surface area contributed by atoms with E-state index < -0.39 is 33.0 Å². The molecule has 0 amide bonds. The Morgan fingerprint density at radius 2 is 0.745 bits per heavy atom. The molecule has 0 spiro atoms. The number of esters is 3. The highest BCUT2D eigenvalue weighted by Crippen LogP contribution is 2.49. The van der Waals surface area contributed by atoms with Gasteiger partial charge in [-0.2, -0.15) is 0 Å². The van der Waals surface area contributed by atoms with E-state index >= 15 is 0 Å². The van der Waals surface area contributed by atoms with Crippen molar-refractivity contribution in [2.75, 3.05) is 0 Å². The van der Waals surface area contributed by atoms with E-state index in [0.29, 0.717) is 18.3 Å². The lowest BCUT2D eigenvalue weighted by Gasteiger charge is -2.45.